The lowest BCUT2D eigenvalue weighted by molar-refractivity contribution is -0.137. The number of halogens is 5. The van der Waals surface area contributed by atoms with Crippen LogP contribution in [0.15, 0.2) is 146 Å². The van der Waals surface area contributed by atoms with Gasteiger partial charge in [-0.15, -0.1) is 0 Å². The van der Waals surface area contributed by atoms with Crippen LogP contribution in [0.3, 0.4) is 0 Å². The summed E-state index contributed by atoms with van der Waals surface area (Å²) in [6.07, 6.45) is -4.47. The van der Waals surface area contributed by atoms with Crippen molar-refractivity contribution in [1.82, 2.24) is 11.0 Å². The van der Waals surface area contributed by atoms with E-state index in [1.165, 1.54) is 12.1 Å². The molecule has 6 N–H and O–H groups in total. The number of anilines is 2. The molecule has 0 aliphatic carbocycles. The summed E-state index contributed by atoms with van der Waals surface area (Å²) in [6.45, 7) is 1.55. The fourth-order valence-corrected chi connectivity index (χ4v) is 6.23. The van der Waals surface area contributed by atoms with Gasteiger partial charge in [0.05, 0.1) is 28.0 Å². The van der Waals surface area contributed by atoms with Crippen LogP contribution in [0.25, 0.3) is 0 Å². The molecular formula is C44H35ClF4N4O6. The fourth-order valence-electron chi connectivity index (χ4n) is 6.00. The minimum Gasteiger partial charge on any atom is -0.322 e. The normalized spacial score (nSPS) is 11.9. The molecule has 4 amide bonds. The number of aryl methyl sites for hydroxylation is 1. The van der Waals surface area contributed by atoms with Crippen LogP contribution in [-0.2, 0) is 15.8 Å². The quantitative estimate of drug-likeness (QED) is 0.0460. The van der Waals surface area contributed by atoms with Gasteiger partial charge in [0, 0.05) is 16.9 Å². The van der Waals surface area contributed by atoms with Gasteiger partial charge in [0.15, 0.2) is 0 Å². The number of hydrogen-bond acceptors (Lipinski definition) is 6. The first-order valence-corrected chi connectivity index (χ1v) is 18.0. The van der Waals surface area contributed by atoms with Crippen molar-refractivity contribution < 1.29 is 47.2 Å². The summed E-state index contributed by atoms with van der Waals surface area (Å²) in [7, 11) is 0. The van der Waals surface area contributed by atoms with Gasteiger partial charge in [-0.05, 0) is 89.3 Å². The van der Waals surface area contributed by atoms with Gasteiger partial charge >= 0.3 is 6.18 Å². The van der Waals surface area contributed by atoms with Crippen molar-refractivity contribution in [2.75, 3.05) is 10.6 Å². The third-order valence-corrected chi connectivity index (χ3v) is 9.31. The van der Waals surface area contributed by atoms with Crippen LogP contribution in [0.4, 0.5) is 28.9 Å². The predicted octanol–water partition coefficient (Wildman–Crippen LogP) is 9.27. The molecule has 0 heterocycles. The fraction of sp³-hybridized carbons (Fsp3) is 0.0909. The van der Waals surface area contributed by atoms with E-state index in [1.54, 1.807) is 121 Å². The molecule has 0 saturated carbocycles. The summed E-state index contributed by atoms with van der Waals surface area (Å²) in [4.78, 5) is 49.1. The number of carbonyl (C=O) groups is 4. The largest absolute Gasteiger partial charge is 0.416 e. The molecule has 0 aliphatic rings. The molecule has 0 saturated heterocycles. The van der Waals surface area contributed by atoms with Crippen LogP contribution in [0.5, 0.6) is 0 Å². The van der Waals surface area contributed by atoms with E-state index in [-0.39, 0.29) is 16.1 Å². The SMILES string of the molecule is Cc1ccc(Cl)c(C(=O)Nc2ccc(C(C(=O)NO)c3ccccc3)cc2)c1F.O=C(Nc1ccc(C(C(=O)NO)c2ccccc2)cc1)c1ccc(C(F)(F)F)cc1. The zero-order valence-corrected chi connectivity index (χ0v) is 31.7. The summed E-state index contributed by atoms with van der Waals surface area (Å²) in [5.41, 5.74) is 6.05. The Morgan fingerprint density at radius 3 is 1.37 bits per heavy atom. The minimum absolute atomic E-state index is 0.0194. The first-order chi connectivity index (χ1) is 28.2. The Balaban J connectivity index is 0.000000224. The van der Waals surface area contributed by atoms with Gasteiger partial charge in [0.25, 0.3) is 23.6 Å². The van der Waals surface area contributed by atoms with E-state index in [1.807, 2.05) is 6.07 Å². The highest BCUT2D eigenvalue weighted by atomic mass is 35.5. The molecule has 0 radical (unpaired) electrons. The third kappa shape index (κ3) is 11.0. The molecule has 2 atom stereocenters. The Hall–Kier alpha value is -6.87. The van der Waals surface area contributed by atoms with Gasteiger partial charge in [-0.3, -0.25) is 29.6 Å². The molecule has 0 aliphatic heterocycles. The number of nitrogens with one attached hydrogen (secondary N) is 4. The summed E-state index contributed by atoms with van der Waals surface area (Å²) in [6, 6.07) is 37.5. The number of hydroxylamine groups is 2. The van der Waals surface area contributed by atoms with Gasteiger partial charge in [-0.2, -0.15) is 13.2 Å². The summed E-state index contributed by atoms with van der Waals surface area (Å²) >= 11 is 5.98. The topological polar surface area (TPSA) is 157 Å². The summed E-state index contributed by atoms with van der Waals surface area (Å²) in [5.74, 6) is -4.58. The van der Waals surface area contributed by atoms with Gasteiger partial charge in [0.1, 0.15) is 5.82 Å². The van der Waals surface area contributed by atoms with Crippen molar-refractivity contribution in [3.05, 3.63) is 201 Å². The van der Waals surface area contributed by atoms with Gasteiger partial charge < -0.3 is 10.6 Å². The Kier molecular flexibility index (Phi) is 14.3. The monoisotopic (exact) mass is 826 g/mol. The average molecular weight is 827 g/mol. The number of rotatable bonds is 10. The van der Waals surface area contributed by atoms with Crippen LogP contribution in [0.2, 0.25) is 5.02 Å². The van der Waals surface area contributed by atoms with Gasteiger partial charge in [-0.25, -0.2) is 15.4 Å². The van der Waals surface area contributed by atoms with Crippen molar-refractivity contribution in [3.8, 4) is 0 Å². The molecule has 0 spiro atoms. The number of alkyl halides is 3. The first kappa shape index (κ1) is 43.3. The lowest BCUT2D eigenvalue weighted by Crippen LogP contribution is -2.27. The molecule has 0 fully saturated rings. The maximum Gasteiger partial charge on any atom is 0.416 e. The van der Waals surface area contributed by atoms with Crippen molar-refractivity contribution in [1.29, 1.82) is 0 Å². The Morgan fingerprint density at radius 2 is 0.966 bits per heavy atom. The minimum atomic E-state index is -4.47. The van der Waals surface area contributed by atoms with Crippen molar-refractivity contribution in [2.45, 2.75) is 24.9 Å². The molecule has 10 nitrogen and oxygen atoms in total. The number of carbonyl (C=O) groups excluding carboxylic acids is 4. The second-order valence-corrected chi connectivity index (χ2v) is 13.3. The molecule has 302 valence electrons. The Labute approximate surface area is 340 Å². The zero-order valence-electron chi connectivity index (χ0n) is 30.9. The third-order valence-electron chi connectivity index (χ3n) is 9.00. The lowest BCUT2D eigenvalue weighted by Gasteiger charge is -2.16. The first-order valence-electron chi connectivity index (χ1n) is 17.6. The van der Waals surface area contributed by atoms with Crippen LogP contribution in [-0.4, -0.2) is 34.0 Å². The van der Waals surface area contributed by atoms with Gasteiger partial charge in [0.2, 0.25) is 0 Å². The van der Waals surface area contributed by atoms with Crippen molar-refractivity contribution >= 4 is 46.6 Å². The van der Waals surface area contributed by atoms with Crippen LogP contribution < -0.4 is 21.6 Å². The van der Waals surface area contributed by atoms with E-state index in [2.05, 4.69) is 10.6 Å². The molecule has 6 rings (SSSR count). The molecule has 2 unspecified atom stereocenters. The summed E-state index contributed by atoms with van der Waals surface area (Å²) in [5, 5.41) is 23.4. The van der Waals surface area contributed by atoms with Crippen LogP contribution in [0.1, 0.15) is 65.9 Å². The molecule has 15 heteroatoms. The maximum atomic E-state index is 14.3. The molecule has 6 aromatic carbocycles. The smallest absolute Gasteiger partial charge is 0.322 e. The number of benzene rings is 6. The molecule has 6 aromatic rings. The van der Waals surface area contributed by atoms with Crippen molar-refractivity contribution in [3.63, 3.8) is 0 Å². The maximum absolute atomic E-state index is 14.3. The van der Waals surface area contributed by atoms with Crippen molar-refractivity contribution in [2.24, 2.45) is 0 Å². The second kappa shape index (κ2) is 19.5. The van der Waals surface area contributed by atoms with E-state index in [4.69, 9.17) is 22.0 Å². The van der Waals surface area contributed by atoms with E-state index >= 15 is 0 Å². The van der Waals surface area contributed by atoms with Crippen LogP contribution in [0, 0.1) is 12.7 Å². The molecule has 59 heavy (non-hydrogen) atoms. The highest BCUT2D eigenvalue weighted by Gasteiger charge is 2.30. The standard InChI is InChI=1S/C22H18ClFN2O3.C22H17F3N2O3/c1-13-7-12-17(23)19(20(13)24)21(27)25-16-10-8-15(9-11-16)18(22(28)26-29)14-5-3-2-4-6-14;23-22(24,25)17-10-6-16(7-11-17)20(28)26-18-12-8-15(9-13-18)19(21(29)27-30)14-4-2-1-3-5-14/h2-12,18,29H,1H3,(H,25,27)(H,26,28);1-13,19,30H,(H,26,28)(H,27,29). The van der Waals surface area contributed by atoms with E-state index < -0.39 is 53.0 Å². The molecular weight excluding hydrogens is 792 g/mol. The van der Waals surface area contributed by atoms with E-state index in [0.29, 0.717) is 39.2 Å². The average Bonchev–Trinajstić information content (AvgIpc) is 3.24. The zero-order chi connectivity index (χ0) is 42.7. The van der Waals surface area contributed by atoms with E-state index in [0.717, 1.165) is 24.3 Å². The summed E-state index contributed by atoms with van der Waals surface area (Å²) < 4.78 is 52.2. The highest BCUT2D eigenvalue weighted by molar-refractivity contribution is 6.34. The lowest BCUT2D eigenvalue weighted by atomic mass is 9.90. The second-order valence-electron chi connectivity index (χ2n) is 12.9. The van der Waals surface area contributed by atoms with Crippen LogP contribution >= 0.6 is 11.6 Å². The molecule has 0 aromatic heterocycles. The predicted molar refractivity (Wildman–Crippen MR) is 213 cm³/mol. The number of amides is 4. The molecule has 0 bridgehead atoms. The highest BCUT2D eigenvalue weighted by Crippen LogP contribution is 2.31. The Bertz CT molecular complexity index is 2400. The number of hydrogen-bond donors (Lipinski definition) is 6. The van der Waals surface area contributed by atoms with Gasteiger partial charge in [-0.1, -0.05) is 103 Å². The van der Waals surface area contributed by atoms with E-state index in [9.17, 15) is 36.7 Å². The Morgan fingerprint density at radius 1 is 0.559 bits per heavy atom.